The zero-order chi connectivity index (χ0) is 29.7. The van der Waals surface area contributed by atoms with Crippen LogP contribution in [0.2, 0.25) is 0 Å². The van der Waals surface area contributed by atoms with Crippen LogP contribution in [0.1, 0.15) is 42.4 Å². The molecule has 3 aromatic carbocycles. The summed E-state index contributed by atoms with van der Waals surface area (Å²) in [6.45, 7) is 1.02. The number of fused-ring (bicyclic) bond motifs is 4. The van der Waals surface area contributed by atoms with Crippen LogP contribution in [0.25, 0.3) is 12.2 Å². The summed E-state index contributed by atoms with van der Waals surface area (Å²) < 4.78 is 27.1. The third kappa shape index (κ3) is 4.70. The zero-order valence-corrected chi connectivity index (χ0v) is 23.6. The van der Waals surface area contributed by atoms with Crippen molar-refractivity contribution in [3.05, 3.63) is 112 Å². The first-order chi connectivity index (χ1) is 20.8. The molecule has 3 fully saturated rings. The van der Waals surface area contributed by atoms with Gasteiger partial charge in [0.15, 0.2) is 5.78 Å². The Morgan fingerprint density at radius 3 is 2.12 bits per heavy atom. The van der Waals surface area contributed by atoms with Crippen molar-refractivity contribution in [3.8, 4) is 0 Å². The predicted molar refractivity (Wildman–Crippen MR) is 160 cm³/mol. The van der Waals surface area contributed by atoms with Crippen LogP contribution >= 0.6 is 0 Å². The smallest absolute Gasteiger partial charge is 0.249 e. The second kappa shape index (κ2) is 10.7. The zero-order valence-electron chi connectivity index (χ0n) is 23.6. The summed E-state index contributed by atoms with van der Waals surface area (Å²) >= 11 is 0. The van der Waals surface area contributed by atoms with Gasteiger partial charge in [0, 0.05) is 53.9 Å². The Kier molecular flexibility index (Phi) is 6.81. The van der Waals surface area contributed by atoms with E-state index in [-0.39, 0.29) is 60.7 Å². The van der Waals surface area contributed by atoms with E-state index in [1.54, 1.807) is 41.3 Å². The van der Waals surface area contributed by atoms with Crippen molar-refractivity contribution < 1.29 is 23.2 Å². The maximum absolute atomic E-state index is 14.1. The van der Waals surface area contributed by atoms with Gasteiger partial charge >= 0.3 is 0 Å². The minimum Gasteiger partial charge on any atom is -0.334 e. The van der Waals surface area contributed by atoms with Crippen molar-refractivity contribution in [2.24, 2.45) is 5.92 Å². The average Bonchev–Trinajstić information content (AvgIpc) is 3.66. The third-order valence-electron chi connectivity index (χ3n) is 9.41. The quantitative estimate of drug-likeness (QED) is 0.411. The first kappa shape index (κ1) is 27.4. The van der Waals surface area contributed by atoms with Crippen molar-refractivity contribution in [2.75, 3.05) is 25.0 Å². The number of amides is 2. The maximum atomic E-state index is 14.1. The second-order valence-corrected chi connectivity index (χ2v) is 11.9. The number of Topliss-reactive ketones (excluding diaryl/α,β-unsaturated/α-hetero) is 1. The first-order valence-electron chi connectivity index (χ1n) is 14.8. The number of halogens is 2. The predicted octanol–water partition coefficient (Wildman–Crippen LogP) is 5.57. The molecular formula is C35H31F2N3O3. The molecule has 0 saturated carbocycles. The number of benzene rings is 3. The number of likely N-dealkylation sites (tertiary alicyclic amines) is 1. The molecule has 0 aliphatic carbocycles. The summed E-state index contributed by atoms with van der Waals surface area (Å²) in [4.78, 5) is 45.5. The number of piperidine rings is 1. The Morgan fingerprint density at radius 2 is 1.49 bits per heavy atom. The number of anilines is 1. The lowest BCUT2D eigenvalue weighted by molar-refractivity contribution is -0.135. The topological polar surface area (TPSA) is 69.7 Å². The number of nitrogens with zero attached hydrogens (tertiary/aromatic N) is 2. The molecule has 1 spiro atoms. The Balaban J connectivity index is 1.22. The molecule has 6 nitrogen and oxygen atoms in total. The summed E-state index contributed by atoms with van der Waals surface area (Å²) in [6.07, 6.45) is 6.30. The van der Waals surface area contributed by atoms with Crippen molar-refractivity contribution >= 4 is 35.4 Å². The fourth-order valence-corrected chi connectivity index (χ4v) is 7.54. The molecule has 4 heterocycles. The Morgan fingerprint density at radius 1 is 0.884 bits per heavy atom. The van der Waals surface area contributed by atoms with Gasteiger partial charge in [-0.3, -0.25) is 19.3 Å². The maximum Gasteiger partial charge on any atom is 0.249 e. The number of ketones is 1. The molecule has 3 saturated heterocycles. The van der Waals surface area contributed by atoms with Crippen LogP contribution in [0, 0.1) is 17.6 Å². The summed E-state index contributed by atoms with van der Waals surface area (Å²) in [5.74, 6) is -1.40. The molecule has 0 unspecified atom stereocenters. The van der Waals surface area contributed by atoms with Gasteiger partial charge in [0.1, 0.15) is 17.2 Å². The number of carbonyl (C=O) groups is 3. The van der Waals surface area contributed by atoms with Crippen molar-refractivity contribution in [1.82, 2.24) is 9.80 Å². The Labute approximate surface area is 248 Å². The molecular weight excluding hydrogens is 548 g/mol. The van der Waals surface area contributed by atoms with E-state index in [1.165, 1.54) is 24.3 Å². The number of nitrogens with one attached hydrogen (secondary N) is 1. The van der Waals surface area contributed by atoms with Crippen LogP contribution in [-0.4, -0.2) is 53.1 Å². The van der Waals surface area contributed by atoms with Crippen molar-refractivity contribution in [2.45, 2.75) is 37.3 Å². The summed E-state index contributed by atoms with van der Waals surface area (Å²) in [5.41, 5.74) is 2.96. The molecule has 0 bridgehead atoms. The average molecular weight is 580 g/mol. The molecule has 7 rings (SSSR count). The molecule has 4 aliphatic heterocycles. The number of para-hydroxylation sites is 1. The third-order valence-corrected chi connectivity index (χ3v) is 9.41. The van der Waals surface area contributed by atoms with Crippen LogP contribution in [-0.2, 0) is 19.9 Å². The van der Waals surface area contributed by atoms with Gasteiger partial charge in [0.2, 0.25) is 11.8 Å². The first-order valence-corrected chi connectivity index (χ1v) is 14.8. The van der Waals surface area contributed by atoms with Gasteiger partial charge in [-0.15, -0.1) is 0 Å². The lowest BCUT2D eigenvalue weighted by Crippen LogP contribution is -2.52. The molecule has 43 heavy (non-hydrogen) atoms. The highest BCUT2D eigenvalue weighted by atomic mass is 19.1. The standard InChI is InChI=1S/C35H31F2N3O3/c36-27-11-7-22(8-12-27)16-24-20-39(21-25(33(24)42)17-23-9-13-28(37)14-10-23)32(41)19-26-18-29-4-3-15-40(29)35(26)30-5-1-2-6-31(30)38-34(35)43/h1-2,5-14,16-17,26,29H,3-4,15,18-21H2,(H,38,43)/b24-16+,25-17+/t26-,29-,35-/m1/s1. The van der Waals surface area contributed by atoms with Crippen LogP contribution < -0.4 is 5.32 Å². The minimum atomic E-state index is -0.890. The minimum absolute atomic E-state index is 0.0708. The normalized spacial score (nSPS) is 26.8. The summed E-state index contributed by atoms with van der Waals surface area (Å²) in [6, 6.07) is 19.7. The molecule has 3 atom stereocenters. The van der Waals surface area contributed by atoms with E-state index in [9.17, 15) is 23.2 Å². The highest BCUT2D eigenvalue weighted by Gasteiger charge is 2.63. The number of carbonyl (C=O) groups excluding carboxylic acids is 3. The molecule has 3 aromatic rings. The summed E-state index contributed by atoms with van der Waals surface area (Å²) in [7, 11) is 0. The van der Waals surface area contributed by atoms with E-state index in [1.807, 2.05) is 24.3 Å². The van der Waals surface area contributed by atoms with Gasteiger partial charge in [-0.2, -0.15) is 0 Å². The molecule has 1 N–H and O–H groups in total. The van der Waals surface area contributed by atoms with Gasteiger partial charge < -0.3 is 10.2 Å². The SMILES string of the molecule is O=C1/C(=C/c2ccc(F)cc2)CN(C(=O)C[C@H]2C[C@H]3CCCN3[C@]23C(=O)Nc2ccccc23)C/C1=C\c1ccc(F)cc1. The van der Waals surface area contributed by atoms with Gasteiger partial charge in [0.05, 0.1) is 0 Å². The van der Waals surface area contributed by atoms with E-state index < -0.39 is 5.54 Å². The van der Waals surface area contributed by atoms with E-state index in [0.717, 1.165) is 37.1 Å². The number of rotatable bonds is 4. The lowest BCUT2D eigenvalue weighted by atomic mass is 9.76. The molecule has 4 aliphatic rings. The van der Waals surface area contributed by atoms with E-state index in [2.05, 4.69) is 10.2 Å². The molecule has 0 radical (unpaired) electrons. The highest BCUT2D eigenvalue weighted by molar-refractivity contribution is 6.15. The fourth-order valence-electron chi connectivity index (χ4n) is 7.54. The fraction of sp³-hybridized carbons (Fsp3) is 0.286. The molecule has 2 amide bonds. The Bertz CT molecular complexity index is 1610. The largest absolute Gasteiger partial charge is 0.334 e. The van der Waals surface area contributed by atoms with Crippen molar-refractivity contribution in [3.63, 3.8) is 0 Å². The van der Waals surface area contributed by atoms with Crippen LogP contribution in [0.15, 0.2) is 83.9 Å². The van der Waals surface area contributed by atoms with Gasteiger partial charge in [-0.25, -0.2) is 8.78 Å². The van der Waals surface area contributed by atoms with E-state index >= 15 is 0 Å². The highest BCUT2D eigenvalue weighted by Crippen LogP contribution is 2.56. The van der Waals surface area contributed by atoms with Gasteiger partial charge in [-0.1, -0.05) is 42.5 Å². The number of hydrogen-bond acceptors (Lipinski definition) is 4. The lowest BCUT2D eigenvalue weighted by Gasteiger charge is -2.38. The van der Waals surface area contributed by atoms with Gasteiger partial charge in [-0.05, 0) is 79.4 Å². The summed E-state index contributed by atoms with van der Waals surface area (Å²) in [5, 5.41) is 3.09. The van der Waals surface area contributed by atoms with Crippen LogP contribution in [0.4, 0.5) is 14.5 Å². The van der Waals surface area contributed by atoms with E-state index in [4.69, 9.17) is 0 Å². The Hall–Kier alpha value is -4.43. The second-order valence-electron chi connectivity index (χ2n) is 11.9. The number of hydrogen-bond donors (Lipinski definition) is 1. The molecule has 218 valence electrons. The van der Waals surface area contributed by atoms with Crippen molar-refractivity contribution in [1.29, 1.82) is 0 Å². The van der Waals surface area contributed by atoms with E-state index in [0.29, 0.717) is 22.3 Å². The molecule has 8 heteroatoms. The monoisotopic (exact) mass is 579 g/mol. The van der Waals surface area contributed by atoms with Crippen LogP contribution in [0.3, 0.4) is 0 Å². The van der Waals surface area contributed by atoms with Crippen LogP contribution in [0.5, 0.6) is 0 Å². The van der Waals surface area contributed by atoms with Gasteiger partial charge in [0.25, 0.3) is 0 Å². The molecule has 0 aromatic heterocycles.